The molecule has 2 rings (SSSR count). The second-order valence-corrected chi connectivity index (χ2v) is 4.53. The highest BCUT2D eigenvalue weighted by Crippen LogP contribution is 2.16. The molecule has 0 aliphatic rings. The molecule has 1 atom stereocenters. The molecule has 0 radical (unpaired) electrons. The molecule has 1 unspecified atom stereocenters. The monoisotopic (exact) mass is 258 g/mol. The van der Waals surface area contributed by atoms with Gasteiger partial charge in [-0.1, -0.05) is 18.2 Å². The second-order valence-electron chi connectivity index (χ2n) is 4.53. The van der Waals surface area contributed by atoms with Gasteiger partial charge in [0, 0.05) is 24.3 Å². The minimum Gasteiger partial charge on any atom is -0.497 e. The molecule has 0 bridgehead atoms. The lowest BCUT2D eigenvalue weighted by atomic mass is 10.1. The molecule has 100 valence electrons. The number of rotatable bonds is 4. The second kappa shape index (κ2) is 5.71. The van der Waals surface area contributed by atoms with Gasteiger partial charge in [0.1, 0.15) is 5.75 Å². The SMILES string of the molecule is COc1ccc(C(N)Cn2cccc(C)c2=O)cc1. The molecule has 1 heterocycles. The fourth-order valence-electron chi connectivity index (χ4n) is 1.97. The van der Waals surface area contributed by atoms with E-state index in [0.29, 0.717) is 6.54 Å². The molecular weight excluding hydrogens is 240 g/mol. The number of benzene rings is 1. The number of aromatic nitrogens is 1. The van der Waals surface area contributed by atoms with Gasteiger partial charge < -0.3 is 15.0 Å². The molecule has 4 heteroatoms. The summed E-state index contributed by atoms with van der Waals surface area (Å²) in [6.07, 6.45) is 1.76. The normalized spacial score (nSPS) is 12.2. The highest BCUT2D eigenvalue weighted by atomic mass is 16.5. The number of ether oxygens (including phenoxy) is 1. The highest BCUT2D eigenvalue weighted by Gasteiger charge is 2.08. The molecule has 0 aliphatic heterocycles. The Hall–Kier alpha value is -2.07. The van der Waals surface area contributed by atoms with Crippen LogP contribution in [0.15, 0.2) is 47.4 Å². The minimum absolute atomic E-state index is 0.00598. The molecule has 0 saturated heterocycles. The zero-order valence-electron chi connectivity index (χ0n) is 11.2. The van der Waals surface area contributed by atoms with Crippen molar-refractivity contribution < 1.29 is 4.74 Å². The van der Waals surface area contributed by atoms with E-state index in [9.17, 15) is 4.79 Å². The van der Waals surface area contributed by atoms with E-state index >= 15 is 0 Å². The van der Waals surface area contributed by atoms with Gasteiger partial charge in [0.05, 0.1) is 7.11 Å². The van der Waals surface area contributed by atoms with E-state index < -0.39 is 0 Å². The molecule has 0 fully saturated rings. The summed E-state index contributed by atoms with van der Waals surface area (Å²) in [5.74, 6) is 0.795. The lowest BCUT2D eigenvalue weighted by Gasteiger charge is -2.14. The summed E-state index contributed by atoms with van der Waals surface area (Å²) in [5.41, 5.74) is 7.85. The van der Waals surface area contributed by atoms with Gasteiger partial charge in [-0.2, -0.15) is 0 Å². The Morgan fingerprint density at radius 1 is 1.26 bits per heavy atom. The minimum atomic E-state index is -0.217. The molecular formula is C15H18N2O2. The maximum atomic E-state index is 11.9. The Morgan fingerprint density at radius 3 is 2.58 bits per heavy atom. The molecule has 19 heavy (non-hydrogen) atoms. The van der Waals surface area contributed by atoms with Gasteiger partial charge in [0.25, 0.3) is 5.56 Å². The quantitative estimate of drug-likeness (QED) is 0.910. The summed E-state index contributed by atoms with van der Waals surface area (Å²) in [6, 6.07) is 11.0. The zero-order valence-corrected chi connectivity index (χ0v) is 11.2. The first-order chi connectivity index (χ1) is 9.11. The van der Waals surface area contributed by atoms with Crippen molar-refractivity contribution in [3.05, 3.63) is 64.1 Å². The van der Waals surface area contributed by atoms with Crippen molar-refractivity contribution in [2.24, 2.45) is 5.73 Å². The number of methoxy groups -OCH3 is 1. The average Bonchev–Trinajstić information content (AvgIpc) is 2.44. The van der Waals surface area contributed by atoms with E-state index in [1.807, 2.05) is 30.3 Å². The van der Waals surface area contributed by atoms with Gasteiger partial charge >= 0.3 is 0 Å². The van der Waals surface area contributed by atoms with Gasteiger partial charge in [0.2, 0.25) is 0 Å². The number of hydrogen-bond donors (Lipinski definition) is 1. The van der Waals surface area contributed by atoms with Crippen LogP contribution in [-0.4, -0.2) is 11.7 Å². The van der Waals surface area contributed by atoms with Crippen LogP contribution in [0.5, 0.6) is 5.75 Å². The van der Waals surface area contributed by atoms with Crippen LogP contribution in [-0.2, 0) is 6.54 Å². The lowest BCUT2D eigenvalue weighted by molar-refractivity contribution is 0.414. The molecule has 0 aliphatic carbocycles. The van der Waals surface area contributed by atoms with Crippen molar-refractivity contribution >= 4 is 0 Å². The third-order valence-corrected chi connectivity index (χ3v) is 3.15. The van der Waals surface area contributed by atoms with Crippen molar-refractivity contribution in [2.75, 3.05) is 7.11 Å². The third-order valence-electron chi connectivity index (χ3n) is 3.15. The van der Waals surface area contributed by atoms with E-state index in [-0.39, 0.29) is 11.6 Å². The van der Waals surface area contributed by atoms with Gasteiger partial charge in [-0.25, -0.2) is 0 Å². The average molecular weight is 258 g/mol. The molecule has 1 aromatic heterocycles. The Kier molecular flexibility index (Phi) is 4.02. The number of hydrogen-bond acceptors (Lipinski definition) is 3. The van der Waals surface area contributed by atoms with Crippen LogP contribution in [0.2, 0.25) is 0 Å². The van der Waals surface area contributed by atoms with Crippen molar-refractivity contribution in [2.45, 2.75) is 19.5 Å². The maximum absolute atomic E-state index is 11.9. The Balaban J connectivity index is 2.18. The van der Waals surface area contributed by atoms with Gasteiger partial charge in [-0.05, 0) is 30.7 Å². The third kappa shape index (κ3) is 3.03. The van der Waals surface area contributed by atoms with Crippen LogP contribution >= 0.6 is 0 Å². The summed E-state index contributed by atoms with van der Waals surface area (Å²) < 4.78 is 6.75. The van der Waals surface area contributed by atoms with E-state index in [4.69, 9.17) is 10.5 Å². The zero-order chi connectivity index (χ0) is 13.8. The molecule has 2 aromatic rings. The first kappa shape index (κ1) is 13.4. The summed E-state index contributed by atoms with van der Waals surface area (Å²) in [5, 5.41) is 0. The van der Waals surface area contributed by atoms with Gasteiger partial charge in [-0.15, -0.1) is 0 Å². The highest BCUT2D eigenvalue weighted by molar-refractivity contribution is 5.29. The van der Waals surface area contributed by atoms with Crippen LogP contribution in [0.3, 0.4) is 0 Å². The molecule has 1 aromatic carbocycles. The molecule has 2 N–H and O–H groups in total. The predicted molar refractivity (Wildman–Crippen MR) is 75.4 cm³/mol. The van der Waals surface area contributed by atoms with Crippen molar-refractivity contribution in [1.82, 2.24) is 4.57 Å². The van der Waals surface area contributed by atoms with Crippen molar-refractivity contribution in [1.29, 1.82) is 0 Å². The fourth-order valence-corrected chi connectivity index (χ4v) is 1.97. The van der Waals surface area contributed by atoms with Crippen molar-refractivity contribution in [3.8, 4) is 5.75 Å². The molecule has 0 saturated carbocycles. The van der Waals surface area contributed by atoms with E-state index in [1.165, 1.54) is 0 Å². The van der Waals surface area contributed by atoms with Crippen LogP contribution in [0.1, 0.15) is 17.2 Å². The van der Waals surface area contributed by atoms with E-state index in [1.54, 1.807) is 30.9 Å². The number of nitrogens with zero attached hydrogens (tertiary/aromatic N) is 1. The Labute approximate surface area is 112 Å². The van der Waals surface area contributed by atoms with Crippen LogP contribution in [0.25, 0.3) is 0 Å². The first-order valence-electron chi connectivity index (χ1n) is 6.17. The molecule has 0 amide bonds. The number of nitrogens with two attached hydrogens (primary N) is 1. The summed E-state index contributed by atoms with van der Waals surface area (Å²) in [7, 11) is 1.63. The predicted octanol–water partition coefficient (Wildman–Crippen LogP) is 1.87. The standard InChI is InChI=1S/C15H18N2O2/c1-11-4-3-9-17(15(11)18)10-14(16)12-5-7-13(19-2)8-6-12/h3-9,14H,10,16H2,1-2H3. The summed E-state index contributed by atoms with van der Waals surface area (Å²) >= 11 is 0. The Bertz CT molecular complexity index is 602. The molecule has 4 nitrogen and oxygen atoms in total. The smallest absolute Gasteiger partial charge is 0.253 e. The topological polar surface area (TPSA) is 57.2 Å². The summed E-state index contributed by atoms with van der Waals surface area (Å²) in [4.78, 5) is 11.9. The van der Waals surface area contributed by atoms with Crippen LogP contribution in [0.4, 0.5) is 0 Å². The number of aryl methyl sites for hydroxylation is 1. The van der Waals surface area contributed by atoms with E-state index in [2.05, 4.69) is 0 Å². The fraction of sp³-hybridized carbons (Fsp3) is 0.267. The number of pyridine rings is 1. The summed E-state index contributed by atoms with van der Waals surface area (Å²) in [6.45, 7) is 2.27. The van der Waals surface area contributed by atoms with Crippen LogP contribution < -0.4 is 16.0 Å². The Morgan fingerprint density at radius 2 is 1.95 bits per heavy atom. The van der Waals surface area contributed by atoms with E-state index in [0.717, 1.165) is 16.9 Å². The first-order valence-corrected chi connectivity index (χ1v) is 6.17. The van der Waals surface area contributed by atoms with Crippen molar-refractivity contribution in [3.63, 3.8) is 0 Å². The largest absolute Gasteiger partial charge is 0.497 e. The van der Waals surface area contributed by atoms with Gasteiger partial charge in [0.15, 0.2) is 0 Å². The van der Waals surface area contributed by atoms with Gasteiger partial charge in [-0.3, -0.25) is 4.79 Å². The van der Waals surface area contributed by atoms with Crippen LogP contribution in [0, 0.1) is 6.92 Å². The maximum Gasteiger partial charge on any atom is 0.253 e. The molecule has 0 spiro atoms. The lowest BCUT2D eigenvalue weighted by Crippen LogP contribution is -2.27.